The van der Waals surface area contributed by atoms with Gasteiger partial charge in [0.25, 0.3) is 0 Å². The lowest BCUT2D eigenvalue weighted by Crippen LogP contribution is -2.30. The average Bonchev–Trinajstić information content (AvgIpc) is 2.60. The van der Waals surface area contributed by atoms with Gasteiger partial charge in [0.05, 0.1) is 19.6 Å². The molecule has 2 rings (SSSR count). The fourth-order valence-corrected chi connectivity index (χ4v) is 2.56. The molecule has 0 heterocycles. The number of amides is 1. The molecule has 2 aromatic carbocycles. The minimum absolute atomic E-state index is 0.185. The Balaban J connectivity index is 1.96. The van der Waals surface area contributed by atoms with Crippen molar-refractivity contribution in [3.8, 4) is 5.75 Å². The second kappa shape index (κ2) is 9.08. The number of aryl methyl sites for hydroxylation is 1. The molecule has 0 unspecified atom stereocenters. The molecule has 0 saturated carbocycles. The fraction of sp³-hybridized carbons (Fsp3) is 0.263. The van der Waals surface area contributed by atoms with E-state index in [-0.39, 0.29) is 18.7 Å². The molecule has 2 aromatic rings. The van der Waals surface area contributed by atoms with E-state index in [0.29, 0.717) is 17.0 Å². The molecule has 2 N–H and O–H groups in total. The van der Waals surface area contributed by atoms with Gasteiger partial charge in [0, 0.05) is 11.4 Å². The van der Waals surface area contributed by atoms with Crippen LogP contribution in [0.25, 0.3) is 0 Å². The van der Waals surface area contributed by atoms with Gasteiger partial charge in [-0.05, 0) is 41.8 Å². The minimum Gasteiger partial charge on any atom is -0.497 e. The summed E-state index contributed by atoms with van der Waals surface area (Å²) in [5.74, 6) is -0.412. The highest BCUT2D eigenvalue weighted by Gasteiger charge is 2.18. The number of hydrogen-bond donors (Lipinski definition) is 2. The summed E-state index contributed by atoms with van der Waals surface area (Å²) in [6, 6.07) is 13.7. The van der Waals surface area contributed by atoms with E-state index in [0.717, 1.165) is 11.3 Å². The van der Waals surface area contributed by atoms with Crippen LogP contribution in [-0.2, 0) is 16.0 Å². The van der Waals surface area contributed by atoms with E-state index in [4.69, 9.17) is 21.4 Å². The van der Waals surface area contributed by atoms with Crippen LogP contribution in [0.3, 0.4) is 0 Å². The number of carbonyl (C=O) groups excluding carboxylic acids is 1. The minimum atomic E-state index is -0.976. The molecule has 0 saturated heterocycles. The number of ether oxygens (including phenoxy) is 1. The predicted octanol–water partition coefficient (Wildman–Crippen LogP) is 3.61. The lowest BCUT2D eigenvalue weighted by atomic mass is 10.0. The molecule has 0 aromatic heterocycles. The number of hydrogen-bond acceptors (Lipinski definition) is 3. The first-order chi connectivity index (χ1) is 12.0. The quantitative estimate of drug-likeness (QED) is 0.753. The first kappa shape index (κ1) is 18.8. The highest BCUT2D eigenvalue weighted by molar-refractivity contribution is 6.30. The molecule has 0 bridgehead atoms. The summed E-state index contributed by atoms with van der Waals surface area (Å²) in [4.78, 5) is 23.3. The van der Waals surface area contributed by atoms with Crippen molar-refractivity contribution in [3.05, 3.63) is 64.7 Å². The van der Waals surface area contributed by atoms with Crippen LogP contribution in [0.2, 0.25) is 5.02 Å². The first-order valence-corrected chi connectivity index (χ1v) is 8.25. The van der Waals surface area contributed by atoms with Gasteiger partial charge in [-0.2, -0.15) is 0 Å². The zero-order valence-corrected chi connectivity index (χ0v) is 14.6. The molecule has 0 spiro atoms. The molecule has 5 nitrogen and oxygen atoms in total. The number of rotatable bonds is 8. The summed E-state index contributed by atoms with van der Waals surface area (Å²) in [5.41, 5.74) is 1.72. The van der Waals surface area contributed by atoms with Crippen LogP contribution in [0, 0.1) is 0 Å². The number of methoxy groups -OCH3 is 1. The van der Waals surface area contributed by atoms with E-state index in [1.807, 2.05) is 24.3 Å². The number of benzene rings is 2. The molecule has 6 heteroatoms. The summed E-state index contributed by atoms with van der Waals surface area (Å²) >= 11 is 5.85. The molecule has 1 amide bonds. The lowest BCUT2D eigenvalue weighted by molar-refractivity contribution is -0.137. The van der Waals surface area contributed by atoms with Crippen LogP contribution in [0.15, 0.2) is 48.5 Å². The van der Waals surface area contributed by atoms with Crippen molar-refractivity contribution in [3.63, 3.8) is 0 Å². The van der Waals surface area contributed by atoms with Gasteiger partial charge in [-0.1, -0.05) is 35.9 Å². The summed E-state index contributed by atoms with van der Waals surface area (Å²) in [6.07, 6.45) is 0.655. The van der Waals surface area contributed by atoms with Crippen molar-refractivity contribution in [2.75, 3.05) is 7.11 Å². The zero-order valence-electron chi connectivity index (χ0n) is 13.9. The van der Waals surface area contributed by atoms with E-state index < -0.39 is 12.0 Å². The Morgan fingerprint density at radius 1 is 1.12 bits per heavy atom. The van der Waals surface area contributed by atoms with Crippen LogP contribution in [0.5, 0.6) is 5.75 Å². The summed E-state index contributed by atoms with van der Waals surface area (Å²) in [5, 5.41) is 12.4. The average molecular weight is 362 g/mol. The zero-order chi connectivity index (χ0) is 18.2. The van der Waals surface area contributed by atoms with Crippen LogP contribution in [0.4, 0.5) is 0 Å². The summed E-state index contributed by atoms with van der Waals surface area (Å²) < 4.78 is 5.10. The van der Waals surface area contributed by atoms with Crippen LogP contribution in [0.1, 0.15) is 30.0 Å². The molecule has 0 aliphatic rings. The van der Waals surface area contributed by atoms with Crippen molar-refractivity contribution in [1.82, 2.24) is 5.32 Å². The van der Waals surface area contributed by atoms with Gasteiger partial charge >= 0.3 is 5.97 Å². The number of carbonyl (C=O) groups is 2. The maximum absolute atomic E-state index is 12.2. The molecule has 1 atom stereocenters. The monoisotopic (exact) mass is 361 g/mol. The Hall–Kier alpha value is -2.53. The van der Waals surface area contributed by atoms with E-state index in [2.05, 4.69) is 5.32 Å². The maximum atomic E-state index is 12.2. The van der Waals surface area contributed by atoms with Crippen molar-refractivity contribution < 1.29 is 19.4 Å². The van der Waals surface area contributed by atoms with E-state index in [1.165, 1.54) is 0 Å². The van der Waals surface area contributed by atoms with Crippen LogP contribution < -0.4 is 10.1 Å². The van der Waals surface area contributed by atoms with Gasteiger partial charge in [-0.15, -0.1) is 0 Å². The Morgan fingerprint density at radius 2 is 1.76 bits per heavy atom. The number of nitrogens with one attached hydrogen (secondary N) is 1. The fourth-order valence-electron chi connectivity index (χ4n) is 2.44. The van der Waals surface area contributed by atoms with Crippen molar-refractivity contribution in [2.24, 2.45) is 0 Å². The lowest BCUT2D eigenvalue weighted by Gasteiger charge is -2.17. The maximum Gasteiger partial charge on any atom is 0.305 e. The normalized spacial score (nSPS) is 11.6. The number of carboxylic acids is 1. The summed E-state index contributed by atoms with van der Waals surface area (Å²) in [7, 11) is 1.60. The van der Waals surface area contributed by atoms with Crippen molar-refractivity contribution in [1.29, 1.82) is 0 Å². The third-order valence-corrected chi connectivity index (χ3v) is 4.04. The van der Waals surface area contributed by atoms with E-state index in [9.17, 15) is 9.59 Å². The Bertz CT molecular complexity index is 713. The summed E-state index contributed by atoms with van der Waals surface area (Å²) in [6.45, 7) is 0. The second-order valence-corrected chi connectivity index (χ2v) is 6.05. The third kappa shape index (κ3) is 6.12. The molecule has 25 heavy (non-hydrogen) atoms. The molecule has 0 aliphatic heterocycles. The van der Waals surface area contributed by atoms with Gasteiger partial charge in [-0.25, -0.2) is 0 Å². The highest BCUT2D eigenvalue weighted by atomic mass is 35.5. The number of halogens is 1. The standard InChI is InChI=1S/C19H20ClNO4/c1-25-16-9-2-13(3-10-16)4-11-18(22)21-17(12-19(23)24)14-5-7-15(20)8-6-14/h2-3,5-10,17H,4,11-12H2,1H3,(H,21,22)(H,23,24)/t17-/m0/s1. The molecular weight excluding hydrogens is 342 g/mol. The van der Waals surface area contributed by atoms with Gasteiger partial charge in [-0.3, -0.25) is 9.59 Å². The van der Waals surface area contributed by atoms with E-state index in [1.54, 1.807) is 31.4 Å². The van der Waals surface area contributed by atoms with E-state index >= 15 is 0 Å². The highest BCUT2D eigenvalue weighted by Crippen LogP contribution is 2.20. The molecule has 132 valence electrons. The second-order valence-electron chi connectivity index (χ2n) is 5.62. The first-order valence-electron chi connectivity index (χ1n) is 7.87. The predicted molar refractivity (Wildman–Crippen MR) is 95.9 cm³/mol. The van der Waals surface area contributed by atoms with Gasteiger partial charge < -0.3 is 15.2 Å². The third-order valence-electron chi connectivity index (χ3n) is 3.79. The molecule has 0 aliphatic carbocycles. The number of aliphatic carboxylic acids is 1. The van der Waals surface area contributed by atoms with Gasteiger partial charge in [0.15, 0.2) is 0 Å². The van der Waals surface area contributed by atoms with Crippen LogP contribution in [-0.4, -0.2) is 24.1 Å². The Kier molecular flexibility index (Phi) is 6.83. The van der Waals surface area contributed by atoms with Crippen LogP contribution >= 0.6 is 11.6 Å². The molecule has 0 fully saturated rings. The molecule has 0 radical (unpaired) electrons. The topological polar surface area (TPSA) is 75.6 Å². The van der Waals surface area contributed by atoms with Crippen molar-refractivity contribution >= 4 is 23.5 Å². The van der Waals surface area contributed by atoms with Gasteiger partial charge in [0.2, 0.25) is 5.91 Å². The smallest absolute Gasteiger partial charge is 0.305 e. The SMILES string of the molecule is COc1ccc(CCC(=O)N[C@@H](CC(=O)O)c2ccc(Cl)cc2)cc1. The Morgan fingerprint density at radius 3 is 2.32 bits per heavy atom. The van der Waals surface area contributed by atoms with Crippen molar-refractivity contribution in [2.45, 2.75) is 25.3 Å². The largest absolute Gasteiger partial charge is 0.497 e. The van der Waals surface area contributed by atoms with Gasteiger partial charge in [0.1, 0.15) is 5.75 Å². The Labute approximate surface area is 151 Å². The number of carboxylic acid groups (broad SMARTS) is 1. The molecular formula is C19H20ClNO4.